The number of alkyl halides is 3. The normalized spacial score (nSPS) is 11.2. The molecular weight excluding hydrogens is 295 g/mol. The van der Waals surface area contributed by atoms with E-state index in [1.54, 1.807) is 6.07 Å². The number of halogens is 4. The molecule has 1 aromatic heterocycles. The van der Waals surface area contributed by atoms with E-state index in [9.17, 15) is 13.2 Å². The van der Waals surface area contributed by atoms with Crippen LogP contribution in [-0.4, -0.2) is 18.5 Å². The Bertz CT molecular complexity index is 617. The molecule has 0 aliphatic heterocycles. The van der Waals surface area contributed by atoms with Crippen molar-refractivity contribution in [2.24, 2.45) is 0 Å². The van der Waals surface area contributed by atoms with Gasteiger partial charge in [-0.25, -0.2) is 4.98 Å². The third kappa shape index (κ3) is 3.33. The Kier molecular flexibility index (Phi) is 4.04. The quantitative estimate of drug-likeness (QED) is 0.846. The van der Waals surface area contributed by atoms with Crippen molar-refractivity contribution in [2.75, 3.05) is 7.11 Å². The first-order valence-corrected chi connectivity index (χ1v) is 5.83. The Labute approximate surface area is 117 Å². The van der Waals surface area contributed by atoms with Gasteiger partial charge in [-0.2, -0.15) is 0 Å². The molecule has 0 amide bonds. The number of ether oxygens (including phenoxy) is 2. The lowest BCUT2D eigenvalue weighted by molar-refractivity contribution is -0.274. The number of benzene rings is 1. The number of rotatable bonds is 3. The maximum Gasteiger partial charge on any atom is 0.573 e. The van der Waals surface area contributed by atoms with Crippen LogP contribution in [0.4, 0.5) is 13.2 Å². The zero-order valence-corrected chi connectivity index (χ0v) is 11.0. The molecule has 1 heterocycles. The van der Waals surface area contributed by atoms with Crippen molar-refractivity contribution in [3.8, 4) is 22.8 Å². The maximum atomic E-state index is 12.4. The molecule has 1 aromatic carbocycles. The number of methoxy groups -OCH3 is 1. The highest BCUT2D eigenvalue weighted by Crippen LogP contribution is 2.38. The van der Waals surface area contributed by atoms with Gasteiger partial charge < -0.3 is 9.47 Å². The highest BCUT2D eigenvalue weighted by Gasteiger charge is 2.32. The van der Waals surface area contributed by atoms with E-state index in [-0.39, 0.29) is 22.2 Å². The fourth-order valence-electron chi connectivity index (χ4n) is 1.69. The maximum absolute atomic E-state index is 12.4. The zero-order chi connectivity index (χ0) is 14.8. The van der Waals surface area contributed by atoms with Crippen LogP contribution in [0, 0.1) is 0 Å². The summed E-state index contributed by atoms with van der Waals surface area (Å²) in [6.07, 6.45) is -3.44. The van der Waals surface area contributed by atoms with Crippen molar-refractivity contribution in [2.45, 2.75) is 6.36 Å². The van der Waals surface area contributed by atoms with Crippen molar-refractivity contribution in [3.05, 3.63) is 41.6 Å². The van der Waals surface area contributed by atoms with E-state index in [1.807, 2.05) is 0 Å². The Hall–Kier alpha value is -1.95. The van der Waals surface area contributed by atoms with Crippen LogP contribution in [0.15, 0.2) is 36.5 Å². The van der Waals surface area contributed by atoms with Gasteiger partial charge in [0.05, 0.1) is 12.1 Å². The molecule has 7 heteroatoms. The highest BCUT2D eigenvalue weighted by molar-refractivity contribution is 6.30. The fourth-order valence-corrected chi connectivity index (χ4v) is 1.84. The Morgan fingerprint density at radius 1 is 1.15 bits per heavy atom. The number of aromatic nitrogens is 1. The molecule has 0 spiro atoms. The molecule has 2 aromatic rings. The summed E-state index contributed by atoms with van der Waals surface area (Å²) < 4.78 is 46.2. The summed E-state index contributed by atoms with van der Waals surface area (Å²) in [4.78, 5) is 3.92. The summed E-state index contributed by atoms with van der Waals surface area (Å²) in [5, 5.41) is 0.280. The molecule has 0 radical (unpaired) electrons. The smallest absolute Gasteiger partial charge is 0.481 e. The average molecular weight is 304 g/mol. The predicted molar refractivity (Wildman–Crippen MR) is 67.9 cm³/mol. The van der Waals surface area contributed by atoms with Gasteiger partial charge in [0, 0.05) is 17.3 Å². The lowest BCUT2D eigenvalue weighted by Gasteiger charge is -2.14. The van der Waals surface area contributed by atoms with Gasteiger partial charge in [-0.3, -0.25) is 0 Å². The topological polar surface area (TPSA) is 31.4 Å². The summed E-state index contributed by atoms with van der Waals surface area (Å²) >= 11 is 5.83. The van der Waals surface area contributed by atoms with Crippen molar-refractivity contribution in [1.82, 2.24) is 4.98 Å². The number of pyridine rings is 1. The molecule has 20 heavy (non-hydrogen) atoms. The van der Waals surface area contributed by atoms with Crippen molar-refractivity contribution >= 4 is 11.6 Å². The fraction of sp³-hybridized carbons (Fsp3) is 0.154. The first-order valence-electron chi connectivity index (χ1n) is 5.45. The monoisotopic (exact) mass is 303 g/mol. The number of hydrogen-bond donors (Lipinski definition) is 0. The summed E-state index contributed by atoms with van der Waals surface area (Å²) in [7, 11) is 1.37. The summed E-state index contributed by atoms with van der Waals surface area (Å²) in [5.74, 6) is -0.185. The minimum absolute atomic E-state index is 0.160. The second-order valence-corrected chi connectivity index (χ2v) is 4.19. The molecule has 0 saturated heterocycles. The van der Waals surface area contributed by atoms with Crippen LogP contribution in [0.25, 0.3) is 11.1 Å². The first kappa shape index (κ1) is 14.5. The van der Waals surface area contributed by atoms with Crippen LogP contribution >= 0.6 is 11.6 Å². The predicted octanol–water partition coefficient (Wildman–Crippen LogP) is 4.31. The van der Waals surface area contributed by atoms with Gasteiger partial charge >= 0.3 is 6.36 Å². The van der Waals surface area contributed by atoms with Crippen LogP contribution in [0.3, 0.4) is 0 Å². The lowest BCUT2D eigenvalue weighted by atomic mass is 10.1. The van der Waals surface area contributed by atoms with E-state index in [0.717, 1.165) is 0 Å². The molecule has 3 nitrogen and oxygen atoms in total. The molecule has 0 aliphatic carbocycles. The van der Waals surface area contributed by atoms with Crippen molar-refractivity contribution in [3.63, 3.8) is 0 Å². The second kappa shape index (κ2) is 5.58. The zero-order valence-electron chi connectivity index (χ0n) is 10.2. The van der Waals surface area contributed by atoms with Crippen LogP contribution in [0.5, 0.6) is 11.6 Å². The van der Waals surface area contributed by atoms with Gasteiger partial charge in [0.2, 0.25) is 5.88 Å². The van der Waals surface area contributed by atoms with Crippen LogP contribution in [-0.2, 0) is 0 Å². The van der Waals surface area contributed by atoms with E-state index in [0.29, 0.717) is 5.56 Å². The SMILES string of the molecule is COc1ncc(Cl)cc1-c1ccccc1OC(F)(F)F. The molecule has 0 bridgehead atoms. The van der Waals surface area contributed by atoms with Gasteiger partial charge in [0.25, 0.3) is 0 Å². The van der Waals surface area contributed by atoms with Gasteiger partial charge in [-0.1, -0.05) is 29.8 Å². The first-order chi connectivity index (χ1) is 9.40. The van der Waals surface area contributed by atoms with Gasteiger partial charge in [0.15, 0.2) is 0 Å². The third-order valence-corrected chi connectivity index (χ3v) is 2.62. The van der Waals surface area contributed by atoms with E-state index < -0.39 is 6.36 Å². The van der Waals surface area contributed by atoms with Gasteiger partial charge in [-0.05, 0) is 12.1 Å². The van der Waals surface area contributed by atoms with Gasteiger partial charge in [-0.15, -0.1) is 13.2 Å². The molecule has 0 atom stereocenters. The van der Waals surface area contributed by atoms with Crippen molar-refractivity contribution in [1.29, 1.82) is 0 Å². The van der Waals surface area contributed by atoms with E-state index in [4.69, 9.17) is 16.3 Å². The number of para-hydroxylation sites is 1. The molecule has 2 rings (SSSR count). The highest BCUT2D eigenvalue weighted by atomic mass is 35.5. The van der Waals surface area contributed by atoms with Crippen LogP contribution in [0.1, 0.15) is 0 Å². The lowest BCUT2D eigenvalue weighted by Crippen LogP contribution is -2.17. The summed E-state index contributed by atoms with van der Waals surface area (Å²) in [6.45, 7) is 0. The Morgan fingerprint density at radius 3 is 2.50 bits per heavy atom. The van der Waals surface area contributed by atoms with Gasteiger partial charge in [0.1, 0.15) is 5.75 Å². The Balaban J connectivity index is 2.55. The third-order valence-electron chi connectivity index (χ3n) is 2.41. The molecule has 0 saturated carbocycles. The largest absolute Gasteiger partial charge is 0.573 e. The molecule has 0 aliphatic rings. The van der Waals surface area contributed by atoms with E-state index in [1.165, 1.54) is 37.6 Å². The van der Waals surface area contributed by atoms with Crippen molar-refractivity contribution < 1.29 is 22.6 Å². The Morgan fingerprint density at radius 2 is 1.85 bits per heavy atom. The number of hydrogen-bond acceptors (Lipinski definition) is 3. The van der Waals surface area contributed by atoms with Crippen LogP contribution in [0.2, 0.25) is 5.02 Å². The molecular formula is C13H9ClF3NO2. The minimum atomic E-state index is -4.78. The standard InChI is InChI=1S/C13H9ClF3NO2/c1-19-12-10(6-8(14)7-18-12)9-4-2-3-5-11(9)20-13(15,16)17/h2-7H,1H3. The average Bonchev–Trinajstić information content (AvgIpc) is 2.37. The van der Waals surface area contributed by atoms with E-state index in [2.05, 4.69) is 9.72 Å². The van der Waals surface area contributed by atoms with Crippen LogP contribution < -0.4 is 9.47 Å². The molecule has 0 unspecified atom stereocenters. The summed E-state index contributed by atoms with van der Waals surface area (Å²) in [6, 6.07) is 7.17. The molecule has 0 N–H and O–H groups in total. The summed E-state index contributed by atoms with van der Waals surface area (Å²) in [5.41, 5.74) is 0.511. The number of nitrogens with zero attached hydrogens (tertiary/aromatic N) is 1. The van der Waals surface area contributed by atoms with E-state index >= 15 is 0 Å². The molecule has 106 valence electrons. The minimum Gasteiger partial charge on any atom is -0.481 e. The second-order valence-electron chi connectivity index (χ2n) is 3.75. The molecule has 0 fully saturated rings.